The molecule has 0 fully saturated rings. The highest BCUT2D eigenvalue weighted by molar-refractivity contribution is 5.97. The summed E-state index contributed by atoms with van der Waals surface area (Å²) in [5.41, 5.74) is 17.7. The molecule has 10 N–H and O–H groups in total. The lowest BCUT2D eigenvalue weighted by molar-refractivity contribution is -0.135. The van der Waals surface area contributed by atoms with Gasteiger partial charge in [-0.2, -0.15) is 0 Å². The van der Waals surface area contributed by atoms with E-state index in [0.717, 1.165) is 5.56 Å². The molecule has 2 rings (SSSR count). The van der Waals surface area contributed by atoms with Crippen LogP contribution < -0.4 is 38.5 Å². The molecule has 13 nitrogen and oxygen atoms in total. The predicted octanol–water partition coefficient (Wildman–Crippen LogP) is 1.25. The summed E-state index contributed by atoms with van der Waals surface area (Å²) in [5.74, 6) is -3.52. The van der Waals surface area contributed by atoms with Crippen molar-refractivity contribution in [2.45, 2.75) is 71.1 Å². The van der Waals surface area contributed by atoms with Gasteiger partial charge in [0.15, 0.2) is 5.96 Å². The van der Waals surface area contributed by atoms with Crippen molar-refractivity contribution in [2.75, 3.05) is 6.54 Å². The first-order valence-electron chi connectivity index (χ1n) is 15.6. The van der Waals surface area contributed by atoms with Gasteiger partial charge in [0, 0.05) is 12.6 Å². The number of amides is 5. The van der Waals surface area contributed by atoms with Gasteiger partial charge in [0.2, 0.25) is 29.5 Å². The lowest BCUT2D eigenvalue weighted by atomic mass is 9.98. The summed E-state index contributed by atoms with van der Waals surface area (Å²) in [5, 5.41) is 10.9. The number of carbonyl (C=O) groups excluding carboxylic acids is 5. The standard InChI is InChI=1S/C34H48N8O5/c1-21(2)20-26(32(46)41-28(22(3)4)33(47)42-29(30(35)44)24-14-9-6-10-15-24)40-31(45)25(16-11-19-38-34(36)37)39-27(43)18-17-23-12-7-5-8-13-23/h5-10,12-15,17-18,21-22,25-26,28-29H,11,16,19-20H2,1-4H3,(H2,35,44)(H,39,43)(H,40,45)(H,41,46)(H,42,47)(H4,36,37,38)/t25-,26-,28-,29-/m0/s1. The minimum atomic E-state index is -1.10. The van der Waals surface area contributed by atoms with Crippen LogP contribution in [0.5, 0.6) is 0 Å². The van der Waals surface area contributed by atoms with Crippen molar-refractivity contribution in [3.63, 3.8) is 0 Å². The number of hydrogen-bond acceptors (Lipinski definition) is 6. The molecule has 2 aromatic rings. The minimum absolute atomic E-state index is 0.0154. The largest absolute Gasteiger partial charge is 0.370 e. The summed E-state index contributed by atoms with van der Waals surface area (Å²) in [4.78, 5) is 69.5. The number of benzene rings is 2. The summed E-state index contributed by atoms with van der Waals surface area (Å²) in [7, 11) is 0. The van der Waals surface area contributed by atoms with Gasteiger partial charge in [-0.25, -0.2) is 0 Å². The number of nitrogens with zero attached hydrogens (tertiary/aromatic N) is 1. The molecule has 0 aromatic heterocycles. The molecule has 0 aliphatic carbocycles. The lowest BCUT2D eigenvalue weighted by Gasteiger charge is -2.28. The molecular formula is C34H48N8O5. The first-order chi connectivity index (χ1) is 22.3. The van der Waals surface area contributed by atoms with Crippen LogP contribution in [0.3, 0.4) is 0 Å². The van der Waals surface area contributed by atoms with E-state index in [9.17, 15) is 24.0 Å². The molecule has 0 saturated carbocycles. The molecule has 2 aromatic carbocycles. The number of primary amides is 1. The van der Waals surface area contributed by atoms with Crippen LogP contribution in [0.25, 0.3) is 6.08 Å². The van der Waals surface area contributed by atoms with Crippen LogP contribution in [0.1, 0.15) is 64.1 Å². The normalized spacial score (nSPS) is 13.7. The van der Waals surface area contributed by atoms with Crippen LogP contribution in [-0.4, -0.2) is 60.2 Å². The van der Waals surface area contributed by atoms with E-state index in [0.29, 0.717) is 12.0 Å². The Balaban J connectivity index is 2.22. The van der Waals surface area contributed by atoms with Crippen LogP contribution in [-0.2, 0) is 24.0 Å². The Morgan fingerprint density at radius 1 is 0.745 bits per heavy atom. The van der Waals surface area contributed by atoms with E-state index in [-0.39, 0.29) is 37.2 Å². The van der Waals surface area contributed by atoms with E-state index in [2.05, 4.69) is 26.3 Å². The van der Waals surface area contributed by atoms with E-state index in [4.69, 9.17) is 17.2 Å². The van der Waals surface area contributed by atoms with Crippen LogP contribution in [0.2, 0.25) is 0 Å². The third kappa shape index (κ3) is 13.8. The molecule has 4 atom stereocenters. The predicted molar refractivity (Wildman–Crippen MR) is 182 cm³/mol. The van der Waals surface area contributed by atoms with Crippen molar-refractivity contribution in [1.82, 2.24) is 21.3 Å². The maximum Gasteiger partial charge on any atom is 0.244 e. The maximum absolute atomic E-state index is 13.6. The fraction of sp³-hybridized carbons (Fsp3) is 0.412. The van der Waals surface area contributed by atoms with E-state index in [1.54, 1.807) is 50.3 Å². The van der Waals surface area contributed by atoms with Crippen molar-refractivity contribution >= 4 is 41.6 Å². The Bertz CT molecular complexity index is 1390. The SMILES string of the molecule is CC(C)C[C@H](NC(=O)[C@H](CCCN=C(N)N)NC(=O)C=Cc1ccccc1)C(=O)N[C@H](C(=O)N[C@H](C(N)=O)c1ccccc1)C(C)C. The van der Waals surface area contributed by atoms with Gasteiger partial charge >= 0.3 is 0 Å². The zero-order chi connectivity index (χ0) is 34.9. The topological polar surface area (TPSA) is 224 Å². The quantitative estimate of drug-likeness (QED) is 0.0542. The number of nitrogens with two attached hydrogens (primary N) is 3. The van der Waals surface area contributed by atoms with Crippen LogP contribution >= 0.6 is 0 Å². The summed E-state index contributed by atoms with van der Waals surface area (Å²) in [6.07, 6.45) is 3.76. The zero-order valence-electron chi connectivity index (χ0n) is 27.4. The second kappa shape index (κ2) is 19.3. The van der Waals surface area contributed by atoms with Gasteiger partial charge in [-0.1, -0.05) is 88.4 Å². The van der Waals surface area contributed by atoms with Gasteiger partial charge in [0.1, 0.15) is 24.2 Å². The first-order valence-corrected chi connectivity index (χ1v) is 15.6. The Morgan fingerprint density at radius 3 is 1.89 bits per heavy atom. The average Bonchev–Trinajstić information content (AvgIpc) is 3.02. The summed E-state index contributed by atoms with van der Waals surface area (Å²) in [6, 6.07) is 13.5. The molecule has 0 spiro atoms. The highest BCUT2D eigenvalue weighted by atomic mass is 16.2. The van der Waals surface area contributed by atoms with Crippen molar-refractivity contribution < 1.29 is 24.0 Å². The second-order valence-electron chi connectivity index (χ2n) is 11.9. The Hall–Kier alpha value is -5.20. The fourth-order valence-corrected chi connectivity index (χ4v) is 4.69. The molecule has 0 heterocycles. The van der Waals surface area contributed by atoms with E-state index in [1.165, 1.54) is 6.08 Å². The zero-order valence-corrected chi connectivity index (χ0v) is 27.4. The number of hydrogen-bond donors (Lipinski definition) is 7. The molecule has 0 saturated heterocycles. The van der Waals surface area contributed by atoms with Gasteiger partial charge in [0.25, 0.3) is 0 Å². The summed E-state index contributed by atoms with van der Waals surface area (Å²) in [6.45, 7) is 7.50. The highest BCUT2D eigenvalue weighted by Crippen LogP contribution is 2.14. The molecule has 5 amide bonds. The maximum atomic E-state index is 13.6. The van der Waals surface area contributed by atoms with Gasteiger partial charge in [-0.15, -0.1) is 0 Å². The molecule has 254 valence electrons. The van der Waals surface area contributed by atoms with Gasteiger partial charge < -0.3 is 38.5 Å². The monoisotopic (exact) mass is 648 g/mol. The average molecular weight is 649 g/mol. The number of rotatable bonds is 18. The fourth-order valence-electron chi connectivity index (χ4n) is 4.69. The van der Waals surface area contributed by atoms with Gasteiger partial charge in [-0.05, 0) is 48.3 Å². The third-order valence-corrected chi connectivity index (χ3v) is 7.10. The summed E-state index contributed by atoms with van der Waals surface area (Å²) >= 11 is 0. The van der Waals surface area contributed by atoms with Crippen molar-refractivity contribution in [1.29, 1.82) is 0 Å². The summed E-state index contributed by atoms with van der Waals surface area (Å²) < 4.78 is 0. The first kappa shape index (κ1) is 38.0. The van der Waals surface area contributed by atoms with Crippen LogP contribution in [0, 0.1) is 11.8 Å². The second-order valence-corrected chi connectivity index (χ2v) is 11.9. The number of guanidine groups is 1. The van der Waals surface area contributed by atoms with Crippen LogP contribution in [0.15, 0.2) is 71.7 Å². The van der Waals surface area contributed by atoms with Crippen molar-refractivity contribution in [3.8, 4) is 0 Å². The Morgan fingerprint density at radius 2 is 1.34 bits per heavy atom. The van der Waals surface area contributed by atoms with Crippen LogP contribution in [0.4, 0.5) is 0 Å². The molecule has 0 bridgehead atoms. The smallest absolute Gasteiger partial charge is 0.244 e. The lowest BCUT2D eigenvalue weighted by Crippen LogP contribution is -2.58. The third-order valence-electron chi connectivity index (χ3n) is 7.10. The minimum Gasteiger partial charge on any atom is -0.370 e. The molecule has 13 heteroatoms. The molecule has 47 heavy (non-hydrogen) atoms. The Labute approximate surface area is 276 Å². The van der Waals surface area contributed by atoms with Gasteiger partial charge in [0.05, 0.1) is 0 Å². The van der Waals surface area contributed by atoms with Crippen molar-refractivity contribution in [3.05, 3.63) is 77.9 Å². The highest BCUT2D eigenvalue weighted by Gasteiger charge is 2.32. The molecule has 0 unspecified atom stereocenters. The number of aliphatic imine (C=N–C) groups is 1. The number of nitrogens with one attached hydrogen (secondary N) is 4. The molecule has 0 aliphatic heterocycles. The van der Waals surface area contributed by atoms with Gasteiger partial charge in [-0.3, -0.25) is 29.0 Å². The Kier molecular flexibility index (Phi) is 15.6. The molecular weight excluding hydrogens is 600 g/mol. The van der Waals surface area contributed by atoms with Crippen molar-refractivity contribution in [2.24, 2.45) is 34.0 Å². The van der Waals surface area contributed by atoms with E-state index < -0.39 is 53.7 Å². The van der Waals surface area contributed by atoms with E-state index in [1.807, 2.05) is 44.2 Å². The number of carbonyl (C=O) groups is 5. The van der Waals surface area contributed by atoms with E-state index >= 15 is 0 Å². The molecule has 0 aliphatic rings. The molecule has 0 radical (unpaired) electrons.